The van der Waals surface area contributed by atoms with Crippen molar-refractivity contribution in [2.24, 2.45) is 0 Å². The van der Waals surface area contributed by atoms with E-state index >= 15 is 0 Å². The maximum Gasteiger partial charge on any atom is 0.293 e. The van der Waals surface area contributed by atoms with Crippen LogP contribution >= 0.6 is 23.6 Å². The number of aromatic amines is 1. The number of carbonyl (C=O) groups excluding carboxylic acids is 1. The molecule has 1 aliphatic heterocycles. The second-order valence-electron chi connectivity index (χ2n) is 7.22. The molecule has 3 aromatic heterocycles. The number of thiazole rings is 1. The summed E-state index contributed by atoms with van der Waals surface area (Å²) in [6.07, 6.45) is 4.34. The quantitative estimate of drug-likeness (QED) is 0.380. The molecule has 0 saturated carbocycles. The van der Waals surface area contributed by atoms with Crippen LogP contribution in [-0.4, -0.2) is 51.5 Å². The smallest absolute Gasteiger partial charge is 0.293 e. The zero-order valence-electron chi connectivity index (χ0n) is 17.3. The minimum Gasteiger partial charge on any atom is -0.438 e. The van der Waals surface area contributed by atoms with E-state index in [1.165, 1.54) is 27.8 Å². The largest absolute Gasteiger partial charge is 0.438 e. The lowest BCUT2D eigenvalue weighted by molar-refractivity contribution is 0.0991. The standard InChI is InChI=1S/C19H22N6O4S3/c1-3-9-25-16(22-23-19(25)30)15-12(2)20-18(31-15)21-17(26)13-7-8-14(29-13)32(27,28)24-10-5-4-6-11-24/h3,7-8H,1,4-6,9-11H2,2H3,(H,23,30)(H,20,21,26). The first-order valence-corrected chi connectivity index (χ1v) is 12.6. The number of furan rings is 1. The van der Waals surface area contributed by atoms with E-state index in [4.69, 9.17) is 16.6 Å². The Balaban J connectivity index is 1.53. The van der Waals surface area contributed by atoms with Crippen LogP contribution in [0.3, 0.4) is 0 Å². The van der Waals surface area contributed by atoms with Gasteiger partial charge >= 0.3 is 0 Å². The summed E-state index contributed by atoms with van der Waals surface area (Å²) in [5.74, 6) is -0.0991. The van der Waals surface area contributed by atoms with E-state index in [9.17, 15) is 13.2 Å². The van der Waals surface area contributed by atoms with Crippen molar-refractivity contribution in [3.05, 3.63) is 41.0 Å². The Kier molecular flexibility index (Phi) is 6.42. The fraction of sp³-hybridized carbons (Fsp3) is 0.368. The SMILES string of the molecule is C=CCn1c(-c2sc(NC(=O)c3ccc(S(=O)(=O)N4CCCCC4)o3)nc2C)n[nH]c1=S. The predicted molar refractivity (Wildman–Crippen MR) is 123 cm³/mol. The summed E-state index contributed by atoms with van der Waals surface area (Å²) in [5.41, 5.74) is 0.664. The number of allylic oxidation sites excluding steroid dienone is 1. The number of carbonyl (C=O) groups is 1. The van der Waals surface area contributed by atoms with Gasteiger partial charge in [-0.3, -0.25) is 19.8 Å². The fourth-order valence-corrected chi connectivity index (χ4v) is 6.01. The average molecular weight is 495 g/mol. The number of H-pyrrole nitrogens is 1. The number of hydrogen-bond donors (Lipinski definition) is 2. The molecule has 0 radical (unpaired) electrons. The van der Waals surface area contributed by atoms with Crippen molar-refractivity contribution in [1.82, 2.24) is 24.1 Å². The van der Waals surface area contributed by atoms with Crippen molar-refractivity contribution < 1.29 is 17.6 Å². The molecule has 1 amide bonds. The van der Waals surface area contributed by atoms with Crippen molar-refractivity contribution in [3.8, 4) is 10.7 Å². The number of aryl methyl sites for hydroxylation is 1. The van der Waals surface area contributed by atoms with Gasteiger partial charge in [0.25, 0.3) is 15.9 Å². The molecule has 32 heavy (non-hydrogen) atoms. The Labute approximate surface area is 194 Å². The summed E-state index contributed by atoms with van der Waals surface area (Å²) >= 11 is 6.48. The van der Waals surface area contributed by atoms with Gasteiger partial charge in [-0.05, 0) is 44.1 Å². The van der Waals surface area contributed by atoms with Crippen molar-refractivity contribution in [2.75, 3.05) is 18.4 Å². The lowest BCUT2D eigenvalue weighted by Crippen LogP contribution is -2.35. The van der Waals surface area contributed by atoms with Gasteiger partial charge in [-0.15, -0.1) is 6.58 Å². The van der Waals surface area contributed by atoms with Crippen LogP contribution in [0, 0.1) is 11.7 Å². The predicted octanol–water partition coefficient (Wildman–Crippen LogP) is 3.58. The number of anilines is 1. The Bertz CT molecular complexity index is 1310. The summed E-state index contributed by atoms with van der Waals surface area (Å²) < 4.78 is 34.5. The zero-order valence-corrected chi connectivity index (χ0v) is 19.8. The Hall–Kier alpha value is -2.61. The van der Waals surface area contributed by atoms with E-state index in [0.717, 1.165) is 24.1 Å². The van der Waals surface area contributed by atoms with Crippen molar-refractivity contribution in [3.63, 3.8) is 0 Å². The van der Waals surface area contributed by atoms with Crippen LogP contribution in [0.25, 0.3) is 10.7 Å². The van der Waals surface area contributed by atoms with Crippen LogP contribution in [0.4, 0.5) is 5.13 Å². The van der Waals surface area contributed by atoms with Gasteiger partial charge in [-0.25, -0.2) is 13.4 Å². The molecule has 170 valence electrons. The molecule has 4 rings (SSSR count). The number of nitrogens with one attached hydrogen (secondary N) is 2. The number of piperidine rings is 1. The van der Waals surface area contributed by atoms with Crippen LogP contribution in [0.5, 0.6) is 0 Å². The first-order chi connectivity index (χ1) is 15.3. The van der Waals surface area contributed by atoms with Crippen molar-refractivity contribution in [2.45, 2.75) is 37.8 Å². The molecule has 2 N–H and O–H groups in total. The van der Waals surface area contributed by atoms with Gasteiger partial charge in [0.05, 0.1) is 10.6 Å². The van der Waals surface area contributed by atoms with Gasteiger partial charge in [0.15, 0.2) is 21.5 Å². The highest BCUT2D eigenvalue weighted by atomic mass is 32.2. The maximum absolute atomic E-state index is 12.7. The van der Waals surface area contributed by atoms with Crippen molar-refractivity contribution >= 4 is 44.6 Å². The van der Waals surface area contributed by atoms with Gasteiger partial charge in [0.1, 0.15) is 0 Å². The van der Waals surface area contributed by atoms with Crippen LogP contribution in [0.1, 0.15) is 35.5 Å². The lowest BCUT2D eigenvalue weighted by Gasteiger charge is -2.24. The third-order valence-corrected chi connectivity index (χ3v) is 8.16. The number of rotatable bonds is 7. The number of sulfonamides is 1. The minimum absolute atomic E-state index is 0.107. The molecule has 1 aliphatic rings. The molecule has 4 heterocycles. The molecule has 0 unspecified atom stereocenters. The zero-order chi connectivity index (χ0) is 22.9. The molecule has 0 atom stereocenters. The van der Waals surface area contributed by atoms with E-state index in [1.54, 1.807) is 17.6 Å². The van der Waals surface area contributed by atoms with E-state index in [2.05, 4.69) is 27.1 Å². The molecule has 3 aromatic rings. The van der Waals surface area contributed by atoms with Gasteiger partial charge in [0, 0.05) is 19.6 Å². The summed E-state index contributed by atoms with van der Waals surface area (Å²) in [6.45, 7) is 6.91. The number of nitrogens with zero attached hydrogens (tertiary/aromatic N) is 4. The molecular weight excluding hydrogens is 472 g/mol. The third kappa shape index (κ3) is 4.33. The first kappa shape index (κ1) is 22.6. The first-order valence-electron chi connectivity index (χ1n) is 9.96. The van der Waals surface area contributed by atoms with Crippen LogP contribution in [0.2, 0.25) is 0 Å². The molecule has 0 aliphatic carbocycles. The second kappa shape index (κ2) is 9.10. The minimum atomic E-state index is -3.75. The molecule has 0 bridgehead atoms. The van der Waals surface area contributed by atoms with E-state index in [1.807, 2.05) is 0 Å². The Morgan fingerprint density at radius 2 is 2.12 bits per heavy atom. The molecule has 1 saturated heterocycles. The van der Waals surface area contributed by atoms with Gasteiger partial charge in [0.2, 0.25) is 5.09 Å². The molecule has 0 aromatic carbocycles. The number of aromatic nitrogens is 4. The fourth-order valence-electron chi connectivity index (χ4n) is 3.42. The summed E-state index contributed by atoms with van der Waals surface area (Å²) in [6, 6.07) is 2.66. The summed E-state index contributed by atoms with van der Waals surface area (Å²) in [7, 11) is -3.75. The van der Waals surface area contributed by atoms with E-state index in [0.29, 0.717) is 41.1 Å². The average Bonchev–Trinajstić information content (AvgIpc) is 3.49. The van der Waals surface area contributed by atoms with Crippen LogP contribution < -0.4 is 5.32 Å². The maximum atomic E-state index is 12.7. The van der Waals surface area contributed by atoms with E-state index < -0.39 is 15.9 Å². The van der Waals surface area contributed by atoms with Gasteiger partial charge in [-0.2, -0.15) is 9.40 Å². The molecule has 0 spiro atoms. The van der Waals surface area contributed by atoms with Gasteiger partial charge in [-0.1, -0.05) is 23.8 Å². The van der Waals surface area contributed by atoms with Crippen LogP contribution in [0.15, 0.2) is 34.3 Å². The molecular formula is C19H22N6O4S3. The summed E-state index contributed by atoms with van der Waals surface area (Å²) in [4.78, 5) is 17.8. The molecule has 10 nitrogen and oxygen atoms in total. The summed E-state index contributed by atoms with van der Waals surface area (Å²) in [5, 5.41) is 9.77. The van der Waals surface area contributed by atoms with Crippen molar-refractivity contribution in [1.29, 1.82) is 0 Å². The topological polar surface area (TPSA) is 126 Å². The second-order valence-corrected chi connectivity index (χ2v) is 10.5. The molecule has 1 fully saturated rings. The molecule has 13 heteroatoms. The Morgan fingerprint density at radius 1 is 1.38 bits per heavy atom. The van der Waals surface area contributed by atoms with E-state index in [-0.39, 0.29) is 10.9 Å². The monoisotopic (exact) mass is 494 g/mol. The normalized spacial score (nSPS) is 15.0. The van der Waals surface area contributed by atoms with Gasteiger partial charge < -0.3 is 4.42 Å². The number of hydrogen-bond acceptors (Lipinski definition) is 8. The lowest BCUT2D eigenvalue weighted by atomic mass is 10.2. The number of amides is 1. The Morgan fingerprint density at radius 3 is 2.84 bits per heavy atom. The van der Waals surface area contributed by atoms with Crippen LogP contribution in [-0.2, 0) is 16.6 Å². The highest BCUT2D eigenvalue weighted by Crippen LogP contribution is 2.32. The third-order valence-electron chi connectivity index (χ3n) is 5.00. The highest BCUT2D eigenvalue weighted by Gasteiger charge is 2.30. The highest BCUT2D eigenvalue weighted by molar-refractivity contribution is 7.89.